The number of nitrogens with one attached hydrogen (secondary N) is 1. The number of primary amides is 1. The highest BCUT2D eigenvalue weighted by Crippen LogP contribution is 2.28. The first-order valence-electron chi connectivity index (χ1n) is 8.31. The molecule has 2 rings (SSSR count). The van der Waals surface area contributed by atoms with Crippen molar-refractivity contribution in [2.24, 2.45) is 11.7 Å². The predicted octanol–water partition coefficient (Wildman–Crippen LogP) is 2.25. The largest absolute Gasteiger partial charge is 0.478 e. The van der Waals surface area contributed by atoms with Crippen LogP contribution in [0.3, 0.4) is 0 Å². The molecule has 1 aromatic rings. The lowest BCUT2D eigenvalue weighted by Crippen LogP contribution is -2.43. The average molecular weight is 332 g/mol. The topological polar surface area (TPSA) is 109 Å². The molecule has 1 aliphatic rings. The van der Waals surface area contributed by atoms with Crippen molar-refractivity contribution >= 4 is 17.8 Å². The highest BCUT2D eigenvalue weighted by molar-refractivity contribution is 5.98. The molecule has 2 amide bonds. The minimum absolute atomic E-state index is 0.0734. The van der Waals surface area contributed by atoms with E-state index in [2.05, 4.69) is 5.32 Å². The van der Waals surface area contributed by atoms with Crippen molar-refractivity contribution in [3.05, 3.63) is 34.9 Å². The van der Waals surface area contributed by atoms with Gasteiger partial charge in [-0.2, -0.15) is 0 Å². The van der Waals surface area contributed by atoms with Crippen LogP contribution < -0.4 is 11.1 Å². The van der Waals surface area contributed by atoms with E-state index in [1.54, 1.807) is 13.0 Å². The van der Waals surface area contributed by atoms with Crippen LogP contribution in [-0.4, -0.2) is 28.9 Å². The van der Waals surface area contributed by atoms with Gasteiger partial charge in [0.1, 0.15) is 0 Å². The monoisotopic (exact) mass is 332 g/mol. The van der Waals surface area contributed by atoms with Gasteiger partial charge in [-0.25, -0.2) is 4.79 Å². The van der Waals surface area contributed by atoms with Crippen LogP contribution in [0, 0.1) is 12.8 Å². The maximum Gasteiger partial charge on any atom is 0.335 e. The van der Waals surface area contributed by atoms with Crippen molar-refractivity contribution in [1.29, 1.82) is 0 Å². The molecule has 1 aliphatic carbocycles. The summed E-state index contributed by atoms with van der Waals surface area (Å²) in [7, 11) is 0. The van der Waals surface area contributed by atoms with Crippen molar-refractivity contribution in [3.8, 4) is 0 Å². The number of nitrogens with two attached hydrogens (primary N) is 1. The third kappa shape index (κ3) is 4.81. The van der Waals surface area contributed by atoms with Crippen molar-refractivity contribution in [2.75, 3.05) is 0 Å². The fraction of sp³-hybridized carbons (Fsp3) is 0.500. The molecule has 130 valence electrons. The Hall–Kier alpha value is -2.37. The zero-order chi connectivity index (χ0) is 17.7. The van der Waals surface area contributed by atoms with Crippen LogP contribution in [-0.2, 0) is 4.79 Å². The smallest absolute Gasteiger partial charge is 0.335 e. The Morgan fingerprint density at radius 2 is 1.79 bits per heavy atom. The highest BCUT2D eigenvalue weighted by atomic mass is 16.4. The number of benzene rings is 1. The Bertz CT molecular complexity index is 636. The maximum absolute atomic E-state index is 12.6. The summed E-state index contributed by atoms with van der Waals surface area (Å²) in [5.41, 5.74) is 6.40. The van der Waals surface area contributed by atoms with Gasteiger partial charge in [0.25, 0.3) is 5.91 Å². The molecule has 1 aromatic carbocycles. The second kappa shape index (κ2) is 7.95. The first-order valence-corrected chi connectivity index (χ1v) is 8.31. The van der Waals surface area contributed by atoms with E-state index in [0.717, 1.165) is 25.7 Å². The Morgan fingerprint density at radius 3 is 2.38 bits per heavy atom. The average Bonchev–Trinajstić information content (AvgIpc) is 2.54. The Balaban J connectivity index is 2.17. The van der Waals surface area contributed by atoms with Crippen molar-refractivity contribution < 1.29 is 19.5 Å². The maximum atomic E-state index is 12.6. The molecule has 24 heavy (non-hydrogen) atoms. The number of aromatic carboxylic acids is 1. The lowest BCUT2D eigenvalue weighted by molar-refractivity contribution is -0.118. The van der Waals surface area contributed by atoms with E-state index in [-0.39, 0.29) is 35.4 Å². The number of carboxylic acid groups (broad SMARTS) is 1. The molecule has 0 heterocycles. The quantitative estimate of drug-likeness (QED) is 0.742. The van der Waals surface area contributed by atoms with Crippen LogP contribution >= 0.6 is 0 Å². The van der Waals surface area contributed by atoms with Gasteiger partial charge in [-0.15, -0.1) is 0 Å². The molecule has 0 radical (unpaired) electrons. The van der Waals surface area contributed by atoms with Crippen molar-refractivity contribution in [2.45, 2.75) is 51.5 Å². The second-order valence-electron chi connectivity index (χ2n) is 6.54. The zero-order valence-corrected chi connectivity index (χ0v) is 13.9. The molecule has 1 unspecified atom stereocenters. The molecular formula is C18H24N2O4. The van der Waals surface area contributed by atoms with Gasteiger partial charge < -0.3 is 16.2 Å². The van der Waals surface area contributed by atoms with Gasteiger partial charge in [0, 0.05) is 18.0 Å². The molecule has 0 aromatic heterocycles. The van der Waals surface area contributed by atoms with Crippen LogP contribution in [0.25, 0.3) is 0 Å². The predicted molar refractivity (Wildman–Crippen MR) is 89.8 cm³/mol. The van der Waals surface area contributed by atoms with Crippen LogP contribution in [0.5, 0.6) is 0 Å². The fourth-order valence-electron chi connectivity index (χ4n) is 3.38. The van der Waals surface area contributed by atoms with Gasteiger partial charge in [0.15, 0.2) is 0 Å². The first-order chi connectivity index (χ1) is 11.4. The van der Waals surface area contributed by atoms with Gasteiger partial charge in [0.05, 0.1) is 5.56 Å². The number of hydrogen-bond donors (Lipinski definition) is 3. The normalized spacial score (nSPS) is 16.4. The molecule has 0 saturated heterocycles. The molecule has 6 nitrogen and oxygen atoms in total. The summed E-state index contributed by atoms with van der Waals surface area (Å²) in [6.45, 7) is 1.74. The summed E-state index contributed by atoms with van der Waals surface area (Å²) >= 11 is 0. The summed E-state index contributed by atoms with van der Waals surface area (Å²) in [4.78, 5) is 35.1. The zero-order valence-electron chi connectivity index (χ0n) is 13.9. The van der Waals surface area contributed by atoms with Crippen LogP contribution in [0.15, 0.2) is 18.2 Å². The molecule has 6 heteroatoms. The lowest BCUT2D eigenvalue weighted by atomic mass is 9.82. The number of aryl methyl sites for hydroxylation is 1. The van der Waals surface area contributed by atoms with E-state index in [1.165, 1.54) is 18.6 Å². The third-order valence-electron chi connectivity index (χ3n) is 4.54. The van der Waals surface area contributed by atoms with Gasteiger partial charge >= 0.3 is 5.97 Å². The van der Waals surface area contributed by atoms with Crippen molar-refractivity contribution in [3.63, 3.8) is 0 Å². The van der Waals surface area contributed by atoms with Gasteiger partial charge in [-0.05, 0) is 49.4 Å². The Morgan fingerprint density at radius 1 is 1.17 bits per heavy atom. The molecule has 0 bridgehead atoms. The second-order valence-corrected chi connectivity index (χ2v) is 6.54. The molecule has 4 N–H and O–H groups in total. The number of carbonyl (C=O) groups excluding carboxylic acids is 2. The number of carbonyl (C=O) groups is 3. The summed E-state index contributed by atoms with van der Waals surface area (Å²) in [5, 5.41) is 12.0. The van der Waals surface area contributed by atoms with Crippen LogP contribution in [0.4, 0.5) is 0 Å². The van der Waals surface area contributed by atoms with E-state index in [0.29, 0.717) is 5.56 Å². The van der Waals surface area contributed by atoms with E-state index in [1.807, 2.05) is 0 Å². The molecular weight excluding hydrogens is 308 g/mol. The van der Waals surface area contributed by atoms with Gasteiger partial charge in [-0.3, -0.25) is 9.59 Å². The Labute approximate surface area is 141 Å². The lowest BCUT2D eigenvalue weighted by Gasteiger charge is -2.30. The SMILES string of the molecule is Cc1cc(C(=O)O)cc(C(=O)NC(CC(N)=O)C2CCCCC2)c1. The summed E-state index contributed by atoms with van der Waals surface area (Å²) in [6, 6.07) is 4.21. The standard InChI is InChI=1S/C18H24N2O4/c1-11-7-13(9-14(8-11)18(23)24)17(22)20-15(10-16(19)21)12-5-3-2-4-6-12/h7-9,12,15H,2-6,10H2,1H3,(H2,19,21)(H,20,22)(H,23,24). The van der Waals surface area contributed by atoms with E-state index in [4.69, 9.17) is 10.8 Å². The fourth-order valence-corrected chi connectivity index (χ4v) is 3.38. The molecule has 1 atom stereocenters. The number of hydrogen-bond acceptors (Lipinski definition) is 3. The van der Waals surface area contributed by atoms with Crippen LogP contribution in [0.1, 0.15) is 64.8 Å². The number of carboxylic acids is 1. The van der Waals surface area contributed by atoms with E-state index < -0.39 is 11.9 Å². The number of rotatable bonds is 6. The first kappa shape index (κ1) is 18.0. The summed E-state index contributed by atoms with van der Waals surface area (Å²) < 4.78 is 0. The summed E-state index contributed by atoms with van der Waals surface area (Å²) in [5.74, 6) is -1.65. The molecule has 1 fully saturated rings. The molecule has 0 spiro atoms. The Kier molecular flexibility index (Phi) is 5.95. The number of amides is 2. The summed E-state index contributed by atoms with van der Waals surface area (Å²) in [6.07, 6.45) is 5.38. The van der Waals surface area contributed by atoms with E-state index >= 15 is 0 Å². The molecule has 0 aliphatic heterocycles. The minimum Gasteiger partial charge on any atom is -0.478 e. The molecule has 1 saturated carbocycles. The minimum atomic E-state index is -1.08. The van der Waals surface area contributed by atoms with E-state index in [9.17, 15) is 14.4 Å². The van der Waals surface area contributed by atoms with Gasteiger partial charge in [0.2, 0.25) is 5.91 Å². The van der Waals surface area contributed by atoms with Crippen molar-refractivity contribution in [1.82, 2.24) is 5.32 Å². The third-order valence-corrected chi connectivity index (χ3v) is 4.54. The van der Waals surface area contributed by atoms with Crippen LogP contribution in [0.2, 0.25) is 0 Å². The highest BCUT2D eigenvalue weighted by Gasteiger charge is 2.27. The van der Waals surface area contributed by atoms with Gasteiger partial charge in [-0.1, -0.05) is 19.3 Å².